The second-order valence-electron chi connectivity index (χ2n) is 8.11. The van der Waals surface area contributed by atoms with Crippen molar-refractivity contribution in [2.24, 2.45) is 0 Å². The fourth-order valence-electron chi connectivity index (χ4n) is 4.87. The summed E-state index contributed by atoms with van der Waals surface area (Å²) in [5, 5.41) is 5.10. The number of hydrogen-bond donors (Lipinski definition) is 2. The van der Waals surface area contributed by atoms with Crippen LogP contribution in [0.15, 0.2) is 54.9 Å². The lowest BCUT2D eigenvalue weighted by atomic mass is 10.0. The first-order valence-corrected chi connectivity index (χ1v) is 10.4. The Balaban J connectivity index is 1.49. The molecule has 8 nitrogen and oxygen atoms in total. The van der Waals surface area contributed by atoms with Crippen LogP contribution >= 0.6 is 0 Å². The number of amides is 3. The van der Waals surface area contributed by atoms with Gasteiger partial charge in [0.15, 0.2) is 0 Å². The zero-order chi connectivity index (χ0) is 22.0. The van der Waals surface area contributed by atoms with Gasteiger partial charge >= 0.3 is 0 Å². The number of carbonyl (C=O) groups is 3. The van der Waals surface area contributed by atoms with Crippen molar-refractivity contribution in [1.29, 1.82) is 0 Å². The molecule has 4 heterocycles. The number of carbonyl (C=O) groups excluding carboxylic acids is 3. The molecule has 158 valence electrons. The number of aromatic amines is 1. The first-order chi connectivity index (χ1) is 15.5. The first kappa shape index (κ1) is 18.6. The van der Waals surface area contributed by atoms with Gasteiger partial charge in [-0.1, -0.05) is 12.1 Å². The van der Waals surface area contributed by atoms with E-state index < -0.39 is 11.9 Å². The molecule has 0 aliphatic carbocycles. The van der Waals surface area contributed by atoms with E-state index >= 15 is 0 Å². The lowest BCUT2D eigenvalue weighted by Gasteiger charge is -2.30. The van der Waals surface area contributed by atoms with Crippen molar-refractivity contribution in [3.8, 4) is 0 Å². The minimum Gasteiger partial charge on any atom is -0.344 e. The third-order valence-corrected chi connectivity index (χ3v) is 6.38. The average molecular weight is 425 g/mol. The number of benzene rings is 2. The molecule has 2 aliphatic rings. The molecule has 2 aromatic carbocycles. The Morgan fingerprint density at radius 3 is 2.72 bits per heavy atom. The fourth-order valence-corrected chi connectivity index (χ4v) is 4.87. The van der Waals surface area contributed by atoms with Crippen molar-refractivity contribution in [2.75, 3.05) is 16.8 Å². The average Bonchev–Trinajstić information content (AvgIpc) is 3.35. The first-order valence-electron chi connectivity index (χ1n) is 10.4. The van der Waals surface area contributed by atoms with E-state index in [2.05, 4.69) is 20.2 Å². The van der Waals surface area contributed by atoms with E-state index in [1.54, 1.807) is 17.2 Å². The van der Waals surface area contributed by atoms with Crippen molar-refractivity contribution in [3.63, 3.8) is 0 Å². The van der Waals surface area contributed by atoms with Crippen molar-refractivity contribution >= 4 is 56.6 Å². The summed E-state index contributed by atoms with van der Waals surface area (Å²) in [6.07, 6.45) is 4.20. The number of rotatable bonds is 3. The standard InChI is InChI=1S/C24H19N5O3/c1-28(19-12-26-22-14(19)6-3-11-25-22)16-7-8-17-21-13(16)4-2-5-15(21)24(32)29(17)18-9-10-20(30)27-23(18)31/h2-8,11-12,18H,9-10H2,1H3,(H,25,26)(H,27,30,31). The molecule has 2 N–H and O–H groups in total. The molecule has 0 saturated carbocycles. The fraction of sp³-hybridized carbons (Fsp3) is 0.167. The molecule has 2 aliphatic heterocycles. The number of hydrogen-bond acceptors (Lipinski definition) is 5. The number of nitrogens with zero attached hydrogens (tertiary/aromatic N) is 3. The van der Waals surface area contributed by atoms with Crippen molar-refractivity contribution in [3.05, 3.63) is 60.4 Å². The highest BCUT2D eigenvalue weighted by Crippen LogP contribution is 2.44. The van der Waals surface area contributed by atoms with Gasteiger partial charge in [-0.05, 0) is 36.8 Å². The lowest BCUT2D eigenvalue weighted by Crippen LogP contribution is -2.53. The van der Waals surface area contributed by atoms with Gasteiger partial charge in [-0.3, -0.25) is 24.6 Å². The number of piperidine rings is 1. The highest BCUT2D eigenvalue weighted by Gasteiger charge is 2.41. The summed E-state index contributed by atoms with van der Waals surface area (Å²) in [7, 11) is 1.98. The molecule has 3 amide bonds. The molecular formula is C24H19N5O3. The predicted molar refractivity (Wildman–Crippen MR) is 121 cm³/mol. The molecule has 1 fully saturated rings. The van der Waals surface area contributed by atoms with E-state index in [0.29, 0.717) is 17.7 Å². The SMILES string of the molecule is CN(c1c[nH]c2ncccc12)c1ccc2c3c(cccc13)C(=O)N2C1CCC(=O)NC1=O. The summed E-state index contributed by atoms with van der Waals surface area (Å²) in [6.45, 7) is 0. The highest BCUT2D eigenvalue weighted by molar-refractivity contribution is 6.28. The third kappa shape index (κ3) is 2.49. The molecule has 1 atom stereocenters. The van der Waals surface area contributed by atoms with Crippen LogP contribution in [-0.2, 0) is 9.59 Å². The van der Waals surface area contributed by atoms with Crippen LogP contribution in [0.2, 0.25) is 0 Å². The van der Waals surface area contributed by atoms with Crippen LogP contribution in [0, 0.1) is 0 Å². The Morgan fingerprint density at radius 2 is 1.88 bits per heavy atom. The topological polar surface area (TPSA) is 98.4 Å². The van der Waals surface area contributed by atoms with Crippen LogP contribution in [0.5, 0.6) is 0 Å². The van der Waals surface area contributed by atoms with Gasteiger partial charge in [-0.2, -0.15) is 0 Å². The van der Waals surface area contributed by atoms with Gasteiger partial charge in [0.05, 0.1) is 11.4 Å². The van der Waals surface area contributed by atoms with E-state index in [4.69, 9.17) is 0 Å². The van der Waals surface area contributed by atoms with Gasteiger partial charge in [-0.25, -0.2) is 4.98 Å². The number of nitrogens with one attached hydrogen (secondary N) is 2. The normalized spacial score (nSPS) is 18.0. The second kappa shape index (κ2) is 6.65. The van der Waals surface area contributed by atoms with Gasteiger partial charge in [-0.15, -0.1) is 0 Å². The maximum absolute atomic E-state index is 13.3. The molecule has 8 heteroatoms. The Kier molecular flexibility index (Phi) is 3.86. The quantitative estimate of drug-likeness (QED) is 0.491. The zero-order valence-corrected chi connectivity index (χ0v) is 17.3. The van der Waals surface area contributed by atoms with E-state index in [1.807, 2.05) is 49.6 Å². The summed E-state index contributed by atoms with van der Waals surface area (Å²) in [5.41, 5.74) is 3.99. The minimum atomic E-state index is -0.695. The number of imide groups is 1. The summed E-state index contributed by atoms with van der Waals surface area (Å²) in [5.74, 6) is -0.940. The Labute approximate surface area is 182 Å². The molecule has 6 rings (SSSR count). The molecule has 32 heavy (non-hydrogen) atoms. The summed E-state index contributed by atoms with van der Waals surface area (Å²) in [4.78, 5) is 48.6. The zero-order valence-electron chi connectivity index (χ0n) is 17.3. The van der Waals surface area contributed by atoms with Crippen molar-refractivity contribution in [1.82, 2.24) is 15.3 Å². The molecule has 0 bridgehead atoms. The number of pyridine rings is 1. The maximum Gasteiger partial charge on any atom is 0.259 e. The Bertz CT molecular complexity index is 1460. The highest BCUT2D eigenvalue weighted by atomic mass is 16.2. The minimum absolute atomic E-state index is 0.212. The number of aromatic nitrogens is 2. The molecule has 0 radical (unpaired) electrons. The Morgan fingerprint density at radius 1 is 1.03 bits per heavy atom. The van der Waals surface area contributed by atoms with Crippen LogP contribution in [0.25, 0.3) is 21.8 Å². The maximum atomic E-state index is 13.3. The van der Waals surface area contributed by atoms with Gasteiger partial charge < -0.3 is 9.88 Å². The van der Waals surface area contributed by atoms with Gasteiger partial charge in [0.1, 0.15) is 11.7 Å². The lowest BCUT2D eigenvalue weighted by molar-refractivity contribution is -0.134. The number of fused-ring (bicyclic) bond motifs is 1. The van der Waals surface area contributed by atoms with Crippen LogP contribution in [-0.4, -0.2) is 40.8 Å². The summed E-state index contributed by atoms with van der Waals surface area (Å²) >= 11 is 0. The van der Waals surface area contributed by atoms with E-state index in [9.17, 15) is 14.4 Å². The molecule has 4 aromatic rings. The number of anilines is 3. The van der Waals surface area contributed by atoms with E-state index in [-0.39, 0.29) is 18.2 Å². The van der Waals surface area contributed by atoms with Crippen molar-refractivity contribution in [2.45, 2.75) is 18.9 Å². The van der Waals surface area contributed by atoms with Crippen LogP contribution < -0.4 is 15.1 Å². The van der Waals surface area contributed by atoms with Crippen molar-refractivity contribution < 1.29 is 14.4 Å². The van der Waals surface area contributed by atoms with Gasteiger partial charge in [0.2, 0.25) is 11.8 Å². The molecule has 0 spiro atoms. The second-order valence-corrected chi connectivity index (χ2v) is 8.11. The smallest absolute Gasteiger partial charge is 0.259 e. The Hall–Kier alpha value is -4.20. The molecule has 1 unspecified atom stereocenters. The molecule has 1 saturated heterocycles. The molecular weight excluding hydrogens is 406 g/mol. The predicted octanol–water partition coefficient (Wildman–Crippen LogP) is 3.25. The largest absolute Gasteiger partial charge is 0.344 e. The third-order valence-electron chi connectivity index (χ3n) is 6.38. The summed E-state index contributed by atoms with van der Waals surface area (Å²) < 4.78 is 0. The summed E-state index contributed by atoms with van der Waals surface area (Å²) in [6, 6.07) is 12.7. The molecule has 2 aromatic heterocycles. The van der Waals surface area contributed by atoms with Crippen LogP contribution in [0.1, 0.15) is 23.2 Å². The monoisotopic (exact) mass is 425 g/mol. The van der Waals surface area contributed by atoms with Crippen LogP contribution in [0.4, 0.5) is 17.1 Å². The van der Waals surface area contributed by atoms with Crippen LogP contribution in [0.3, 0.4) is 0 Å². The van der Waals surface area contributed by atoms with E-state index in [1.165, 1.54) is 0 Å². The van der Waals surface area contributed by atoms with Gasteiger partial charge in [0, 0.05) is 53.3 Å². The van der Waals surface area contributed by atoms with Gasteiger partial charge in [0.25, 0.3) is 5.91 Å². The van der Waals surface area contributed by atoms with E-state index in [0.717, 1.165) is 33.2 Å². The number of H-pyrrole nitrogens is 1.